The number of carbonyl (C=O) groups excluding carboxylic acids is 1. The summed E-state index contributed by atoms with van der Waals surface area (Å²) in [5.41, 5.74) is 0. The van der Waals surface area contributed by atoms with Crippen LogP contribution in [0.1, 0.15) is 55.3 Å². The van der Waals surface area contributed by atoms with Crippen LogP contribution in [-0.4, -0.2) is 29.2 Å². The van der Waals surface area contributed by atoms with E-state index in [0.29, 0.717) is 16.1 Å². The molecule has 1 unspecified atom stereocenters. The van der Waals surface area contributed by atoms with Crippen molar-refractivity contribution in [1.29, 1.82) is 0 Å². The Balaban J connectivity index is 1.95. The second kappa shape index (κ2) is 6.84. The van der Waals surface area contributed by atoms with E-state index >= 15 is 0 Å². The maximum Gasteiger partial charge on any atom is 0.282 e. The van der Waals surface area contributed by atoms with Crippen molar-refractivity contribution in [2.75, 3.05) is 12.4 Å². The van der Waals surface area contributed by atoms with Crippen LogP contribution >= 0.6 is 11.3 Å². The van der Waals surface area contributed by atoms with E-state index in [1.807, 2.05) is 0 Å². The molecule has 1 saturated carbocycles. The molecule has 0 aromatic carbocycles. The number of anilines is 1. The van der Waals surface area contributed by atoms with Gasteiger partial charge in [-0.1, -0.05) is 37.5 Å². The van der Waals surface area contributed by atoms with Gasteiger partial charge in [-0.2, -0.15) is 0 Å². The summed E-state index contributed by atoms with van der Waals surface area (Å²) < 4.78 is 0. The summed E-state index contributed by atoms with van der Waals surface area (Å²) in [6.45, 7) is 2.14. The van der Waals surface area contributed by atoms with Crippen LogP contribution in [0, 0.1) is 5.92 Å². The molecule has 6 heteroatoms. The van der Waals surface area contributed by atoms with E-state index in [2.05, 4.69) is 27.8 Å². The Morgan fingerprint density at radius 2 is 2.11 bits per heavy atom. The van der Waals surface area contributed by atoms with E-state index in [1.54, 1.807) is 7.05 Å². The normalized spacial score (nSPS) is 18.0. The minimum absolute atomic E-state index is 0.0866. The van der Waals surface area contributed by atoms with Gasteiger partial charge in [-0.25, -0.2) is 0 Å². The van der Waals surface area contributed by atoms with Crippen molar-refractivity contribution >= 4 is 22.4 Å². The highest BCUT2D eigenvalue weighted by molar-refractivity contribution is 7.17. The maximum atomic E-state index is 12.2. The Morgan fingerprint density at radius 1 is 1.37 bits per heavy atom. The van der Waals surface area contributed by atoms with Crippen LogP contribution in [0.3, 0.4) is 0 Å². The van der Waals surface area contributed by atoms with Gasteiger partial charge >= 0.3 is 0 Å². The molecule has 1 aliphatic rings. The molecule has 5 nitrogen and oxygen atoms in total. The van der Waals surface area contributed by atoms with Gasteiger partial charge in [0.25, 0.3) is 5.91 Å². The summed E-state index contributed by atoms with van der Waals surface area (Å²) in [5.74, 6) is 0.538. The fraction of sp³-hybridized carbons (Fsp3) is 0.769. The summed E-state index contributed by atoms with van der Waals surface area (Å²) in [5, 5.41) is 15.0. The molecule has 0 radical (unpaired) electrons. The Labute approximate surface area is 118 Å². The molecule has 1 aromatic heterocycles. The maximum absolute atomic E-state index is 12.2. The van der Waals surface area contributed by atoms with Crippen molar-refractivity contribution in [3.05, 3.63) is 5.01 Å². The smallest absolute Gasteiger partial charge is 0.282 e. The van der Waals surface area contributed by atoms with Crippen molar-refractivity contribution in [2.45, 2.75) is 51.5 Å². The van der Waals surface area contributed by atoms with Gasteiger partial charge in [0.2, 0.25) is 10.1 Å². The van der Waals surface area contributed by atoms with Crippen LogP contribution in [0.5, 0.6) is 0 Å². The lowest BCUT2D eigenvalue weighted by Gasteiger charge is -2.29. The first-order valence-corrected chi connectivity index (χ1v) is 7.88. The third kappa shape index (κ3) is 3.65. The van der Waals surface area contributed by atoms with Crippen molar-refractivity contribution < 1.29 is 4.79 Å². The van der Waals surface area contributed by atoms with Gasteiger partial charge in [0.1, 0.15) is 0 Å². The zero-order chi connectivity index (χ0) is 13.7. The Bertz CT molecular complexity index is 415. The molecule has 0 bridgehead atoms. The van der Waals surface area contributed by atoms with E-state index in [-0.39, 0.29) is 11.9 Å². The van der Waals surface area contributed by atoms with Gasteiger partial charge in [0.05, 0.1) is 0 Å². The molecule has 1 atom stereocenters. The number of hydrogen-bond acceptors (Lipinski definition) is 5. The molecule has 1 heterocycles. The Kier molecular flexibility index (Phi) is 5.13. The Morgan fingerprint density at radius 3 is 2.68 bits per heavy atom. The van der Waals surface area contributed by atoms with E-state index in [0.717, 1.165) is 6.42 Å². The largest absolute Gasteiger partial charge is 0.363 e. The highest BCUT2D eigenvalue weighted by Crippen LogP contribution is 2.28. The molecule has 19 heavy (non-hydrogen) atoms. The van der Waals surface area contributed by atoms with Crippen molar-refractivity contribution in [3.8, 4) is 0 Å². The molecule has 106 valence electrons. The molecule has 0 spiro atoms. The number of aromatic nitrogens is 2. The molecule has 0 aliphatic heterocycles. The van der Waals surface area contributed by atoms with Gasteiger partial charge in [-0.3, -0.25) is 4.79 Å². The van der Waals surface area contributed by atoms with Gasteiger partial charge in [-0.05, 0) is 25.2 Å². The van der Waals surface area contributed by atoms with Crippen LogP contribution in [0.25, 0.3) is 0 Å². The molecule has 2 N–H and O–H groups in total. The topological polar surface area (TPSA) is 66.9 Å². The summed E-state index contributed by atoms with van der Waals surface area (Å²) in [4.78, 5) is 12.2. The molecule has 1 aliphatic carbocycles. The van der Waals surface area contributed by atoms with Crippen LogP contribution in [0.4, 0.5) is 5.13 Å². The summed E-state index contributed by atoms with van der Waals surface area (Å²) in [6, 6.07) is 0.273. The van der Waals surface area contributed by atoms with Crippen molar-refractivity contribution in [1.82, 2.24) is 15.5 Å². The third-order valence-corrected chi connectivity index (χ3v) is 4.75. The molecule has 1 fully saturated rings. The fourth-order valence-corrected chi connectivity index (χ4v) is 3.34. The number of carbonyl (C=O) groups is 1. The standard InChI is InChI=1S/C13H22N4OS/c1-3-10(9-7-5-4-6-8-9)15-11(18)12-16-17-13(14-2)19-12/h9-10H,3-8H2,1-2H3,(H,14,17)(H,15,18). The molecule has 2 rings (SSSR count). The minimum atomic E-state index is -0.0866. The van der Waals surface area contributed by atoms with Gasteiger partial charge < -0.3 is 10.6 Å². The average Bonchev–Trinajstić information content (AvgIpc) is 2.94. The lowest BCUT2D eigenvalue weighted by atomic mass is 9.83. The van der Waals surface area contributed by atoms with Gasteiger partial charge in [0.15, 0.2) is 0 Å². The molecule has 1 amide bonds. The molecule has 0 saturated heterocycles. The zero-order valence-electron chi connectivity index (χ0n) is 11.6. The highest BCUT2D eigenvalue weighted by Gasteiger charge is 2.25. The molecular weight excluding hydrogens is 260 g/mol. The first-order valence-electron chi connectivity index (χ1n) is 7.06. The van der Waals surface area contributed by atoms with Crippen LogP contribution in [-0.2, 0) is 0 Å². The highest BCUT2D eigenvalue weighted by atomic mass is 32.1. The number of nitrogens with one attached hydrogen (secondary N) is 2. The van der Waals surface area contributed by atoms with Gasteiger partial charge in [-0.15, -0.1) is 10.2 Å². The van der Waals surface area contributed by atoms with Crippen molar-refractivity contribution in [2.24, 2.45) is 5.92 Å². The second-order valence-corrected chi connectivity index (χ2v) is 6.03. The summed E-state index contributed by atoms with van der Waals surface area (Å²) >= 11 is 1.29. The van der Waals surface area contributed by atoms with Crippen molar-refractivity contribution in [3.63, 3.8) is 0 Å². The van der Waals surface area contributed by atoms with E-state index < -0.39 is 0 Å². The summed E-state index contributed by atoms with van der Waals surface area (Å²) in [6.07, 6.45) is 7.36. The van der Waals surface area contributed by atoms with Crippen LogP contribution < -0.4 is 10.6 Å². The number of rotatable bonds is 5. The monoisotopic (exact) mass is 282 g/mol. The third-order valence-electron chi connectivity index (χ3n) is 3.81. The summed E-state index contributed by atoms with van der Waals surface area (Å²) in [7, 11) is 1.78. The predicted molar refractivity (Wildman–Crippen MR) is 77.6 cm³/mol. The molecule has 1 aromatic rings. The number of nitrogens with zero attached hydrogens (tertiary/aromatic N) is 2. The predicted octanol–water partition coefficient (Wildman–Crippen LogP) is 2.67. The zero-order valence-corrected chi connectivity index (χ0v) is 12.4. The average molecular weight is 282 g/mol. The second-order valence-electron chi connectivity index (χ2n) is 5.05. The van der Waals surface area contributed by atoms with Gasteiger partial charge in [0, 0.05) is 13.1 Å². The number of hydrogen-bond donors (Lipinski definition) is 2. The van der Waals surface area contributed by atoms with E-state index in [4.69, 9.17) is 0 Å². The lowest BCUT2D eigenvalue weighted by Crippen LogP contribution is -2.40. The lowest BCUT2D eigenvalue weighted by molar-refractivity contribution is 0.0910. The first-order chi connectivity index (χ1) is 9.24. The fourth-order valence-electron chi connectivity index (χ4n) is 2.74. The number of amides is 1. The Hall–Kier alpha value is -1.17. The van der Waals surface area contributed by atoms with Crippen LogP contribution in [0.15, 0.2) is 0 Å². The van der Waals surface area contributed by atoms with E-state index in [1.165, 1.54) is 43.4 Å². The minimum Gasteiger partial charge on any atom is -0.363 e. The SMILES string of the molecule is CCC(NC(=O)c1nnc(NC)s1)C1CCCCC1. The van der Waals surface area contributed by atoms with E-state index in [9.17, 15) is 4.79 Å². The van der Waals surface area contributed by atoms with Crippen LogP contribution in [0.2, 0.25) is 0 Å². The first kappa shape index (κ1) is 14.2. The molecular formula is C13H22N4OS. The quantitative estimate of drug-likeness (QED) is 0.871.